The molecular formula is C12H24N2. The third-order valence-corrected chi connectivity index (χ3v) is 2.30. The second kappa shape index (κ2) is 6.63. The van der Waals surface area contributed by atoms with Gasteiger partial charge >= 0.3 is 0 Å². The van der Waals surface area contributed by atoms with Crippen LogP contribution in [0, 0.1) is 5.41 Å². The zero-order chi connectivity index (χ0) is 11.0. The molecular weight excluding hydrogens is 172 g/mol. The fourth-order valence-electron chi connectivity index (χ4n) is 1.08. The van der Waals surface area contributed by atoms with Crippen LogP contribution in [0.4, 0.5) is 0 Å². The minimum absolute atomic E-state index is 0.360. The maximum atomic E-state index is 4.28. The predicted octanol–water partition coefficient (Wildman–Crippen LogP) is 3.65. The number of hydrogen-bond donors (Lipinski definition) is 0. The number of allylic oxidation sites excluding steroid dienone is 1. The first-order chi connectivity index (χ1) is 6.64. The molecule has 14 heavy (non-hydrogen) atoms. The monoisotopic (exact) mass is 196 g/mol. The van der Waals surface area contributed by atoms with E-state index in [2.05, 4.69) is 38.1 Å². The fourth-order valence-corrected chi connectivity index (χ4v) is 1.08. The molecule has 0 N–H and O–H groups in total. The normalized spacial score (nSPS) is 15.1. The lowest BCUT2D eigenvalue weighted by Gasteiger charge is -2.28. The highest BCUT2D eigenvalue weighted by molar-refractivity contribution is 5.59. The summed E-state index contributed by atoms with van der Waals surface area (Å²) in [4.78, 5) is 0. The van der Waals surface area contributed by atoms with Crippen LogP contribution in [0.2, 0.25) is 0 Å². The van der Waals surface area contributed by atoms with Gasteiger partial charge in [0.15, 0.2) is 0 Å². The molecule has 0 saturated heterocycles. The van der Waals surface area contributed by atoms with Gasteiger partial charge in [0.2, 0.25) is 0 Å². The number of nitrogens with zero attached hydrogens (tertiary/aromatic N) is 2. The summed E-state index contributed by atoms with van der Waals surface area (Å²) >= 11 is 0. The van der Waals surface area contributed by atoms with E-state index in [-0.39, 0.29) is 0 Å². The molecule has 1 rings (SSSR count). The van der Waals surface area contributed by atoms with Gasteiger partial charge in [-0.2, -0.15) is 5.10 Å². The van der Waals surface area contributed by atoms with Crippen molar-refractivity contribution >= 4 is 6.21 Å². The van der Waals surface area contributed by atoms with Crippen molar-refractivity contribution < 1.29 is 0 Å². The van der Waals surface area contributed by atoms with Gasteiger partial charge < -0.3 is 0 Å². The molecule has 0 atom stereocenters. The van der Waals surface area contributed by atoms with E-state index in [1.165, 1.54) is 6.42 Å². The van der Waals surface area contributed by atoms with E-state index in [9.17, 15) is 0 Å². The van der Waals surface area contributed by atoms with Crippen LogP contribution in [-0.2, 0) is 0 Å². The van der Waals surface area contributed by atoms with Gasteiger partial charge in [-0.15, -0.1) is 0 Å². The molecule has 0 spiro atoms. The molecule has 0 bridgehead atoms. The van der Waals surface area contributed by atoms with E-state index in [1.54, 1.807) is 0 Å². The van der Waals surface area contributed by atoms with Gasteiger partial charge in [-0.05, 0) is 11.8 Å². The van der Waals surface area contributed by atoms with Gasteiger partial charge in [0.05, 0.1) is 0 Å². The second-order valence-corrected chi connectivity index (χ2v) is 4.03. The van der Waals surface area contributed by atoms with Crippen LogP contribution in [0.5, 0.6) is 0 Å². The highest BCUT2D eigenvalue weighted by Crippen LogP contribution is 2.21. The SMILES string of the molecule is CC.CCC(C)(C)CN1C=CCC=N1. The average molecular weight is 196 g/mol. The van der Waals surface area contributed by atoms with Crippen LogP contribution in [0.1, 0.15) is 47.5 Å². The van der Waals surface area contributed by atoms with Crippen LogP contribution < -0.4 is 0 Å². The predicted molar refractivity (Wildman–Crippen MR) is 64.4 cm³/mol. The molecule has 0 aromatic carbocycles. The van der Waals surface area contributed by atoms with E-state index in [4.69, 9.17) is 0 Å². The van der Waals surface area contributed by atoms with Crippen LogP contribution in [0.15, 0.2) is 17.4 Å². The minimum Gasteiger partial charge on any atom is -0.273 e. The highest BCUT2D eigenvalue weighted by atomic mass is 15.4. The van der Waals surface area contributed by atoms with Crippen molar-refractivity contribution in [2.45, 2.75) is 47.5 Å². The van der Waals surface area contributed by atoms with Crippen LogP contribution in [0.25, 0.3) is 0 Å². The van der Waals surface area contributed by atoms with Crippen molar-refractivity contribution in [3.8, 4) is 0 Å². The Morgan fingerprint density at radius 2 is 2.00 bits per heavy atom. The Morgan fingerprint density at radius 3 is 2.43 bits per heavy atom. The standard InChI is InChI=1S/C10H18N2.C2H6/c1-4-10(2,3)9-12-8-6-5-7-11-12;1-2/h6-8H,4-5,9H2,1-3H3;1-2H3. The summed E-state index contributed by atoms with van der Waals surface area (Å²) in [6.45, 7) is 11.8. The Hall–Kier alpha value is -0.790. The van der Waals surface area contributed by atoms with Gasteiger partial charge in [-0.1, -0.05) is 40.7 Å². The van der Waals surface area contributed by atoms with E-state index in [0.717, 1.165) is 13.0 Å². The third-order valence-electron chi connectivity index (χ3n) is 2.30. The fraction of sp³-hybridized carbons (Fsp3) is 0.750. The average Bonchev–Trinajstić information content (AvgIpc) is 2.22. The molecule has 82 valence electrons. The summed E-state index contributed by atoms with van der Waals surface area (Å²) in [5.74, 6) is 0. The van der Waals surface area contributed by atoms with E-state index in [1.807, 2.05) is 25.1 Å². The molecule has 1 aliphatic heterocycles. The Kier molecular flexibility index (Phi) is 6.26. The number of rotatable bonds is 3. The summed E-state index contributed by atoms with van der Waals surface area (Å²) < 4.78 is 0. The van der Waals surface area contributed by atoms with Gasteiger partial charge in [0.1, 0.15) is 0 Å². The zero-order valence-electron chi connectivity index (χ0n) is 10.2. The maximum Gasteiger partial charge on any atom is 0.0459 e. The molecule has 0 amide bonds. The van der Waals surface area contributed by atoms with Crippen LogP contribution in [0.3, 0.4) is 0 Å². The van der Waals surface area contributed by atoms with Gasteiger partial charge in [0.25, 0.3) is 0 Å². The lowest BCUT2D eigenvalue weighted by Crippen LogP contribution is -2.27. The first kappa shape index (κ1) is 13.2. The summed E-state index contributed by atoms with van der Waals surface area (Å²) in [5, 5.41) is 6.30. The van der Waals surface area contributed by atoms with Crippen molar-refractivity contribution in [1.82, 2.24) is 5.01 Å². The quantitative estimate of drug-likeness (QED) is 0.672. The van der Waals surface area contributed by atoms with Crippen LogP contribution in [-0.4, -0.2) is 17.8 Å². The summed E-state index contributed by atoms with van der Waals surface area (Å²) in [6, 6.07) is 0. The Balaban J connectivity index is 0.000000791. The Bertz CT molecular complexity index is 180. The summed E-state index contributed by atoms with van der Waals surface area (Å²) in [7, 11) is 0. The molecule has 2 nitrogen and oxygen atoms in total. The molecule has 0 aliphatic carbocycles. The third kappa shape index (κ3) is 5.05. The van der Waals surface area contributed by atoms with Crippen molar-refractivity contribution in [3.05, 3.63) is 12.3 Å². The molecule has 0 saturated carbocycles. The molecule has 0 aromatic rings. The second-order valence-electron chi connectivity index (χ2n) is 4.03. The number of hydrazone groups is 1. The molecule has 1 aliphatic rings. The first-order valence-electron chi connectivity index (χ1n) is 5.60. The lowest BCUT2D eigenvalue weighted by molar-refractivity contribution is 0.229. The molecule has 1 heterocycles. The van der Waals surface area contributed by atoms with Gasteiger partial charge in [0, 0.05) is 25.4 Å². The lowest BCUT2D eigenvalue weighted by atomic mass is 9.90. The minimum atomic E-state index is 0.360. The summed E-state index contributed by atoms with van der Waals surface area (Å²) in [5.41, 5.74) is 0.360. The van der Waals surface area contributed by atoms with Crippen molar-refractivity contribution in [1.29, 1.82) is 0 Å². The highest BCUT2D eigenvalue weighted by Gasteiger charge is 2.17. The number of hydrogen-bond acceptors (Lipinski definition) is 2. The summed E-state index contributed by atoms with van der Waals surface area (Å²) in [6.07, 6.45) is 8.32. The molecule has 0 fully saturated rings. The molecule has 2 heteroatoms. The van der Waals surface area contributed by atoms with Crippen LogP contribution >= 0.6 is 0 Å². The smallest absolute Gasteiger partial charge is 0.0459 e. The van der Waals surface area contributed by atoms with Gasteiger partial charge in [-0.25, -0.2) is 0 Å². The van der Waals surface area contributed by atoms with E-state index >= 15 is 0 Å². The molecule has 0 radical (unpaired) electrons. The Morgan fingerprint density at radius 1 is 1.36 bits per heavy atom. The van der Waals surface area contributed by atoms with Crippen molar-refractivity contribution in [2.75, 3.05) is 6.54 Å². The topological polar surface area (TPSA) is 15.6 Å². The molecule has 0 aromatic heterocycles. The largest absolute Gasteiger partial charge is 0.273 e. The zero-order valence-corrected chi connectivity index (χ0v) is 10.2. The Labute approximate surface area is 88.7 Å². The van der Waals surface area contributed by atoms with Crippen molar-refractivity contribution in [3.63, 3.8) is 0 Å². The maximum absolute atomic E-state index is 4.28. The van der Waals surface area contributed by atoms with Crippen molar-refractivity contribution in [2.24, 2.45) is 10.5 Å². The van der Waals surface area contributed by atoms with Gasteiger partial charge in [-0.3, -0.25) is 5.01 Å². The van der Waals surface area contributed by atoms with E-state index in [0.29, 0.717) is 5.41 Å². The van der Waals surface area contributed by atoms with E-state index < -0.39 is 0 Å². The molecule has 0 unspecified atom stereocenters. The first-order valence-corrected chi connectivity index (χ1v) is 5.60.